The maximum atomic E-state index is 11.9. The van der Waals surface area contributed by atoms with E-state index < -0.39 is 0 Å². The van der Waals surface area contributed by atoms with E-state index in [-0.39, 0.29) is 11.7 Å². The summed E-state index contributed by atoms with van der Waals surface area (Å²) in [4.78, 5) is 11.9. The van der Waals surface area contributed by atoms with Crippen molar-refractivity contribution in [1.29, 1.82) is 0 Å². The Labute approximate surface area is 129 Å². The molecule has 0 aliphatic carbocycles. The van der Waals surface area contributed by atoms with Gasteiger partial charge < -0.3 is 9.73 Å². The predicted octanol–water partition coefficient (Wildman–Crippen LogP) is 3.16. The third-order valence-electron chi connectivity index (χ3n) is 2.91. The molecular weight excluding hydrogens is 334 g/mol. The van der Waals surface area contributed by atoms with Gasteiger partial charge in [-0.25, -0.2) is 4.68 Å². The Morgan fingerprint density at radius 1 is 1.24 bits per heavy atom. The number of hydrogen-bond acceptors (Lipinski definition) is 3. The lowest BCUT2D eigenvalue weighted by atomic mass is 10.3. The number of nitrogens with one attached hydrogen (secondary N) is 1. The summed E-state index contributed by atoms with van der Waals surface area (Å²) in [6.07, 6.45) is 3.61. The molecule has 0 aliphatic heterocycles. The number of amides is 1. The first-order valence-corrected chi connectivity index (χ1v) is 7.14. The summed E-state index contributed by atoms with van der Waals surface area (Å²) in [6.45, 7) is 0.393. The number of halogens is 1. The van der Waals surface area contributed by atoms with Crippen molar-refractivity contribution in [2.24, 2.45) is 0 Å². The van der Waals surface area contributed by atoms with Crippen molar-refractivity contribution in [3.05, 3.63) is 70.9 Å². The van der Waals surface area contributed by atoms with Crippen LogP contribution in [0.25, 0.3) is 5.69 Å². The minimum Gasteiger partial charge on any atom is -0.444 e. The van der Waals surface area contributed by atoms with E-state index in [1.807, 2.05) is 36.5 Å². The van der Waals surface area contributed by atoms with E-state index >= 15 is 0 Å². The Balaban J connectivity index is 1.64. The second kappa shape index (κ2) is 5.97. The van der Waals surface area contributed by atoms with Crippen molar-refractivity contribution in [2.75, 3.05) is 0 Å². The molecule has 0 saturated heterocycles. The van der Waals surface area contributed by atoms with E-state index in [0.717, 1.165) is 11.3 Å². The third kappa shape index (κ3) is 3.22. The maximum Gasteiger partial charge on any atom is 0.287 e. The largest absolute Gasteiger partial charge is 0.444 e. The molecule has 0 atom stereocenters. The highest BCUT2D eigenvalue weighted by atomic mass is 79.9. The summed E-state index contributed by atoms with van der Waals surface area (Å²) in [5, 5.41) is 7.06. The summed E-state index contributed by atoms with van der Waals surface area (Å²) in [5.41, 5.74) is 1.89. The van der Waals surface area contributed by atoms with Gasteiger partial charge in [0.2, 0.25) is 0 Å². The number of hydrogen-bond donors (Lipinski definition) is 1. The molecule has 2 aromatic heterocycles. The molecule has 5 nitrogen and oxygen atoms in total. The van der Waals surface area contributed by atoms with Crippen LogP contribution in [0.15, 0.2) is 63.9 Å². The molecule has 6 heteroatoms. The maximum absolute atomic E-state index is 11.9. The molecule has 0 unspecified atom stereocenters. The fraction of sp³-hybridized carbons (Fsp3) is 0.0667. The molecule has 0 aliphatic rings. The van der Waals surface area contributed by atoms with Crippen LogP contribution in [0.2, 0.25) is 0 Å². The van der Waals surface area contributed by atoms with Crippen LogP contribution in [-0.4, -0.2) is 15.7 Å². The van der Waals surface area contributed by atoms with Crippen LogP contribution in [-0.2, 0) is 6.54 Å². The number of rotatable bonds is 4. The fourth-order valence-electron chi connectivity index (χ4n) is 1.88. The van der Waals surface area contributed by atoms with Crippen LogP contribution in [0, 0.1) is 0 Å². The Bertz CT molecular complexity index is 749. The average molecular weight is 346 g/mol. The Hall–Kier alpha value is -2.34. The lowest BCUT2D eigenvalue weighted by molar-refractivity contribution is 0.0922. The van der Waals surface area contributed by atoms with Crippen molar-refractivity contribution in [2.45, 2.75) is 6.54 Å². The van der Waals surface area contributed by atoms with E-state index in [9.17, 15) is 4.79 Å². The van der Waals surface area contributed by atoms with Gasteiger partial charge in [-0.1, -0.05) is 18.2 Å². The number of nitrogens with zero attached hydrogens (tertiary/aromatic N) is 2. The molecule has 1 N–H and O–H groups in total. The van der Waals surface area contributed by atoms with Crippen molar-refractivity contribution in [3.8, 4) is 5.69 Å². The zero-order valence-electron chi connectivity index (χ0n) is 11.0. The first-order chi connectivity index (χ1) is 10.2. The lowest BCUT2D eigenvalue weighted by Gasteiger charge is -2.01. The second-order valence-corrected chi connectivity index (χ2v) is 5.20. The first-order valence-electron chi connectivity index (χ1n) is 6.35. The molecule has 0 bridgehead atoms. The zero-order chi connectivity index (χ0) is 14.7. The van der Waals surface area contributed by atoms with E-state index in [1.54, 1.807) is 23.0 Å². The van der Waals surface area contributed by atoms with Crippen molar-refractivity contribution >= 4 is 21.8 Å². The lowest BCUT2D eigenvalue weighted by Crippen LogP contribution is -2.21. The first kappa shape index (κ1) is 13.6. The van der Waals surface area contributed by atoms with Crippen molar-refractivity contribution in [1.82, 2.24) is 15.1 Å². The van der Waals surface area contributed by atoms with Crippen LogP contribution < -0.4 is 5.32 Å². The monoisotopic (exact) mass is 345 g/mol. The van der Waals surface area contributed by atoms with Gasteiger partial charge in [-0.3, -0.25) is 4.79 Å². The van der Waals surface area contributed by atoms with Gasteiger partial charge in [0.1, 0.15) is 0 Å². The van der Waals surface area contributed by atoms with Gasteiger partial charge >= 0.3 is 0 Å². The van der Waals surface area contributed by atoms with Crippen molar-refractivity contribution in [3.63, 3.8) is 0 Å². The van der Waals surface area contributed by atoms with Gasteiger partial charge in [-0.15, -0.1) is 0 Å². The highest BCUT2D eigenvalue weighted by molar-refractivity contribution is 9.10. The highest BCUT2D eigenvalue weighted by Gasteiger charge is 2.10. The topological polar surface area (TPSA) is 60.1 Å². The quantitative estimate of drug-likeness (QED) is 0.789. The predicted molar refractivity (Wildman–Crippen MR) is 81.1 cm³/mol. The van der Waals surface area contributed by atoms with E-state index in [0.29, 0.717) is 11.2 Å². The minimum absolute atomic E-state index is 0.256. The van der Waals surface area contributed by atoms with Crippen LogP contribution in [0.1, 0.15) is 16.1 Å². The van der Waals surface area contributed by atoms with Gasteiger partial charge in [0.05, 0.1) is 11.9 Å². The van der Waals surface area contributed by atoms with E-state index in [2.05, 4.69) is 26.3 Å². The molecule has 21 heavy (non-hydrogen) atoms. The molecule has 3 rings (SSSR count). The SMILES string of the molecule is O=C(NCc1cnn(-c2ccccc2)c1)c1ccc(Br)o1. The molecule has 1 aromatic carbocycles. The second-order valence-electron chi connectivity index (χ2n) is 4.42. The summed E-state index contributed by atoms with van der Waals surface area (Å²) in [7, 11) is 0. The van der Waals surface area contributed by atoms with Gasteiger partial charge in [-0.2, -0.15) is 5.10 Å². The minimum atomic E-state index is -0.256. The number of para-hydroxylation sites is 1. The Morgan fingerprint density at radius 2 is 2.05 bits per heavy atom. The summed E-state index contributed by atoms with van der Waals surface area (Å²) in [5.74, 6) is 0.0190. The highest BCUT2D eigenvalue weighted by Crippen LogP contribution is 2.14. The van der Waals surface area contributed by atoms with Gasteiger partial charge in [0.15, 0.2) is 10.4 Å². The van der Waals surface area contributed by atoms with Crippen LogP contribution in [0.4, 0.5) is 0 Å². The Kier molecular flexibility index (Phi) is 3.87. The number of carbonyl (C=O) groups excluding carboxylic acids is 1. The molecule has 106 valence electrons. The smallest absolute Gasteiger partial charge is 0.287 e. The molecular formula is C15H12BrN3O2. The van der Waals surface area contributed by atoms with Crippen LogP contribution >= 0.6 is 15.9 Å². The van der Waals surface area contributed by atoms with Crippen LogP contribution in [0.3, 0.4) is 0 Å². The molecule has 0 saturated carbocycles. The normalized spacial score (nSPS) is 10.5. The van der Waals surface area contributed by atoms with Crippen LogP contribution in [0.5, 0.6) is 0 Å². The van der Waals surface area contributed by atoms with Gasteiger partial charge in [0, 0.05) is 18.3 Å². The molecule has 0 spiro atoms. The molecule has 1 amide bonds. The zero-order valence-corrected chi connectivity index (χ0v) is 12.6. The summed E-state index contributed by atoms with van der Waals surface area (Å²) in [6, 6.07) is 13.1. The van der Waals surface area contributed by atoms with E-state index in [1.165, 1.54) is 0 Å². The van der Waals surface area contributed by atoms with Gasteiger partial charge in [-0.05, 0) is 40.2 Å². The molecule has 0 fully saturated rings. The third-order valence-corrected chi connectivity index (χ3v) is 3.33. The molecule has 3 aromatic rings. The average Bonchev–Trinajstić information content (AvgIpc) is 3.15. The van der Waals surface area contributed by atoms with Gasteiger partial charge in [0.25, 0.3) is 5.91 Å². The number of aromatic nitrogens is 2. The number of carbonyl (C=O) groups is 1. The summed E-state index contributed by atoms with van der Waals surface area (Å²) < 4.78 is 7.49. The number of furan rings is 1. The molecule has 2 heterocycles. The number of benzene rings is 1. The standard InChI is InChI=1S/C15H12BrN3O2/c16-14-7-6-13(21-14)15(20)17-8-11-9-18-19(10-11)12-4-2-1-3-5-12/h1-7,9-10H,8H2,(H,17,20). The van der Waals surface area contributed by atoms with Crippen molar-refractivity contribution < 1.29 is 9.21 Å². The van der Waals surface area contributed by atoms with E-state index in [4.69, 9.17) is 4.42 Å². The molecule has 0 radical (unpaired) electrons. The fourth-order valence-corrected chi connectivity index (χ4v) is 2.19. The summed E-state index contributed by atoms with van der Waals surface area (Å²) >= 11 is 3.17. The Morgan fingerprint density at radius 3 is 2.76 bits per heavy atom.